The van der Waals surface area contributed by atoms with E-state index in [1.807, 2.05) is 22.7 Å². The van der Waals surface area contributed by atoms with E-state index in [9.17, 15) is 0 Å². The molecule has 0 aliphatic carbocycles. The van der Waals surface area contributed by atoms with Crippen molar-refractivity contribution in [1.29, 1.82) is 0 Å². The zero-order chi connectivity index (χ0) is 52.4. The number of thiophene rings is 2. The number of fused-ring (bicyclic) bond motifs is 13. The molecule has 0 radical (unpaired) electrons. The minimum absolute atomic E-state index is 1.18. The molecule has 0 nitrogen and oxygen atoms in total. The molecule has 0 amide bonds. The molecule has 0 unspecified atom stereocenters. The molecule has 0 spiro atoms. The van der Waals surface area contributed by atoms with Gasteiger partial charge in [-0.1, -0.05) is 237 Å². The monoisotopic (exact) mass is 1050 g/mol. The molecule has 2 aromatic heterocycles. The molecule has 80 heavy (non-hydrogen) atoms. The highest BCUT2D eigenvalue weighted by molar-refractivity contribution is 7.26. The van der Waals surface area contributed by atoms with E-state index in [1.165, 1.54) is 172 Å². The molecule has 17 rings (SSSR count). The van der Waals surface area contributed by atoms with Crippen LogP contribution in [0, 0.1) is 0 Å². The van der Waals surface area contributed by atoms with Crippen LogP contribution in [0.1, 0.15) is 0 Å². The molecule has 17 aromatic rings. The Morgan fingerprint density at radius 2 is 0.600 bits per heavy atom. The van der Waals surface area contributed by atoms with Gasteiger partial charge in [-0.3, -0.25) is 0 Å². The molecule has 370 valence electrons. The lowest BCUT2D eigenvalue weighted by Crippen LogP contribution is -1.94. The SMILES string of the molecule is c1ccc(-c2ccccc2-c2c3ccccc3c(-c3ccc4c(c3)sc3cc5ccccc5cc34)c3cc(-c4ccc5c(-c6ccccc6)c6ccccc6c(-c6ccc7c(c6)sc6ccc8ccccc8c67)c5c4)ccc23)cc1. The van der Waals surface area contributed by atoms with Crippen LogP contribution in [0.2, 0.25) is 0 Å². The summed E-state index contributed by atoms with van der Waals surface area (Å²) in [6, 6.07) is 105. The Bertz CT molecular complexity index is 5410. The Hall–Kier alpha value is -9.70. The first-order chi connectivity index (χ1) is 39.7. The first kappa shape index (κ1) is 45.3. The molecular weight excluding hydrogens is 1000 g/mol. The van der Waals surface area contributed by atoms with Crippen molar-refractivity contribution >= 4 is 128 Å². The van der Waals surface area contributed by atoms with Crippen LogP contribution in [0.3, 0.4) is 0 Å². The summed E-state index contributed by atoms with van der Waals surface area (Å²) in [5.41, 5.74) is 14.7. The highest BCUT2D eigenvalue weighted by atomic mass is 32.1. The third kappa shape index (κ3) is 6.99. The van der Waals surface area contributed by atoms with Gasteiger partial charge in [0.1, 0.15) is 0 Å². The summed E-state index contributed by atoms with van der Waals surface area (Å²) in [7, 11) is 0. The first-order valence-corrected chi connectivity index (χ1v) is 29.2. The normalized spacial score (nSPS) is 12.0. The fraction of sp³-hybridized carbons (Fsp3) is 0. The summed E-state index contributed by atoms with van der Waals surface area (Å²) >= 11 is 3.80. The molecule has 0 bridgehead atoms. The summed E-state index contributed by atoms with van der Waals surface area (Å²) in [6.45, 7) is 0. The van der Waals surface area contributed by atoms with Crippen molar-refractivity contribution in [1.82, 2.24) is 0 Å². The van der Waals surface area contributed by atoms with Gasteiger partial charge in [0.25, 0.3) is 0 Å². The molecule has 0 atom stereocenters. The van der Waals surface area contributed by atoms with E-state index in [0.29, 0.717) is 0 Å². The molecule has 0 fully saturated rings. The van der Waals surface area contributed by atoms with Crippen molar-refractivity contribution in [3.8, 4) is 66.8 Å². The minimum atomic E-state index is 1.18. The number of rotatable bonds is 6. The van der Waals surface area contributed by atoms with Crippen LogP contribution in [0.15, 0.2) is 279 Å². The summed E-state index contributed by atoms with van der Waals surface area (Å²) in [4.78, 5) is 0. The molecule has 0 saturated heterocycles. The average Bonchev–Trinajstić information content (AvgIpc) is 4.17. The maximum Gasteiger partial charge on any atom is 0.0361 e. The topological polar surface area (TPSA) is 0 Å². The van der Waals surface area contributed by atoms with Crippen molar-refractivity contribution in [2.75, 3.05) is 0 Å². The fourth-order valence-corrected chi connectivity index (χ4v) is 15.8. The largest absolute Gasteiger partial charge is 0.135 e. The summed E-state index contributed by atoms with van der Waals surface area (Å²) in [6.07, 6.45) is 0. The third-order valence-electron chi connectivity index (χ3n) is 17.0. The fourth-order valence-electron chi connectivity index (χ4n) is 13.4. The van der Waals surface area contributed by atoms with Gasteiger partial charge in [-0.2, -0.15) is 0 Å². The van der Waals surface area contributed by atoms with Crippen LogP contribution < -0.4 is 0 Å². The van der Waals surface area contributed by atoms with E-state index in [2.05, 4.69) is 279 Å². The van der Waals surface area contributed by atoms with Gasteiger partial charge in [0.15, 0.2) is 0 Å². The standard InChI is InChI=1S/C78H46S2/c1-3-17-47(18-4-1)56-24-11-12-26-59(56)77-63-30-16-15-29-62(63)76(54-33-36-58-67-41-50-22-7-8-23-51(50)44-73(67)80-71(58)45-54)69-43-53(32-38-65(69)77)52-31-37-64-68(42-52)75(61-28-14-13-27-60(61)74(64)49-20-5-2-6-21-49)55-34-39-66-72(46-55)79-70-40-35-48-19-9-10-25-57(48)78(66)70/h1-46H. The second-order valence-electron chi connectivity index (χ2n) is 21.4. The van der Waals surface area contributed by atoms with Gasteiger partial charge in [-0.15, -0.1) is 22.7 Å². The number of hydrogen-bond acceptors (Lipinski definition) is 2. The summed E-state index contributed by atoms with van der Waals surface area (Å²) in [5.74, 6) is 0. The predicted octanol–water partition coefficient (Wildman–Crippen LogP) is 23.3. The quantitative estimate of drug-likeness (QED) is 0.146. The van der Waals surface area contributed by atoms with E-state index < -0.39 is 0 Å². The summed E-state index contributed by atoms with van der Waals surface area (Å²) < 4.78 is 5.23. The zero-order valence-electron chi connectivity index (χ0n) is 43.4. The third-order valence-corrected chi connectivity index (χ3v) is 19.2. The lowest BCUT2D eigenvalue weighted by atomic mass is 9.82. The Labute approximate surface area is 470 Å². The maximum absolute atomic E-state index is 2.50. The van der Waals surface area contributed by atoms with Crippen molar-refractivity contribution in [2.45, 2.75) is 0 Å². The minimum Gasteiger partial charge on any atom is -0.135 e. The maximum atomic E-state index is 2.50. The Morgan fingerprint density at radius 3 is 1.25 bits per heavy atom. The Kier molecular flexibility index (Phi) is 10.2. The van der Waals surface area contributed by atoms with Crippen LogP contribution in [0.25, 0.3) is 172 Å². The van der Waals surface area contributed by atoms with Gasteiger partial charge in [-0.05, 0) is 174 Å². The van der Waals surface area contributed by atoms with E-state index >= 15 is 0 Å². The molecular formula is C78H46S2. The highest BCUT2D eigenvalue weighted by Crippen LogP contribution is 2.51. The van der Waals surface area contributed by atoms with Crippen molar-refractivity contribution in [3.05, 3.63) is 279 Å². The van der Waals surface area contributed by atoms with Gasteiger partial charge in [0, 0.05) is 40.3 Å². The molecule has 15 aromatic carbocycles. The van der Waals surface area contributed by atoms with Gasteiger partial charge in [0.2, 0.25) is 0 Å². The van der Waals surface area contributed by atoms with E-state index in [4.69, 9.17) is 0 Å². The number of hydrogen-bond donors (Lipinski definition) is 0. The van der Waals surface area contributed by atoms with E-state index in [0.717, 1.165) is 0 Å². The predicted molar refractivity (Wildman–Crippen MR) is 350 cm³/mol. The van der Waals surface area contributed by atoms with Crippen LogP contribution in [0.4, 0.5) is 0 Å². The second-order valence-corrected chi connectivity index (χ2v) is 23.5. The second kappa shape index (κ2) is 17.9. The zero-order valence-corrected chi connectivity index (χ0v) is 45.0. The van der Waals surface area contributed by atoms with Crippen molar-refractivity contribution in [3.63, 3.8) is 0 Å². The molecule has 0 aliphatic rings. The van der Waals surface area contributed by atoms with Crippen LogP contribution >= 0.6 is 22.7 Å². The number of benzene rings is 15. The molecule has 2 heterocycles. The van der Waals surface area contributed by atoms with Crippen LogP contribution in [0.5, 0.6) is 0 Å². The first-order valence-electron chi connectivity index (χ1n) is 27.5. The van der Waals surface area contributed by atoms with Crippen LogP contribution in [-0.2, 0) is 0 Å². The molecule has 0 aliphatic heterocycles. The Morgan fingerprint density at radius 1 is 0.175 bits per heavy atom. The van der Waals surface area contributed by atoms with Crippen LogP contribution in [-0.4, -0.2) is 0 Å². The van der Waals surface area contributed by atoms with Crippen molar-refractivity contribution < 1.29 is 0 Å². The lowest BCUT2D eigenvalue weighted by Gasteiger charge is -2.21. The van der Waals surface area contributed by atoms with Gasteiger partial charge < -0.3 is 0 Å². The van der Waals surface area contributed by atoms with Gasteiger partial charge in [-0.25, -0.2) is 0 Å². The van der Waals surface area contributed by atoms with Gasteiger partial charge >= 0.3 is 0 Å². The molecule has 2 heteroatoms. The smallest absolute Gasteiger partial charge is 0.0361 e. The summed E-state index contributed by atoms with van der Waals surface area (Å²) in [5, 5.41) is 20.4. The molecule has 0 N–H and O–H groups in total. The van der Waals surface area contributed by atoms with Gasteiger partial charge in [0.05, 0.1) is 0 Å². The highest BCUT2D eigenvalue weighted by Gasteiger charge is 2.23. The lowest BCUT2D eigenvalue weighted by molar-refractivity contribution is 1.60. The van der Waals surface area contributed by atoms with E-state index in [1.54, 1.807) is 0 Å². The van der Waals surface area contributed by atoms with E-state index in [-0.39, 0.29) is 0 Å². The van der Waals surface area contributed by atoms with Crippen molar-refractivity contribution in [2.24, 2.45) is 0 Å². The molecule has 0 saturated carbocycles. The Balaban J connectivity index is 0.939. The average molecular weight is 1050 g/mol.